The fourth-order valence-corrected chi connectivity index (χ4v) is 8.02. The molecule has 0 aromatic heterocycles. The second kappa shape index (κ2) is 24.6. The number of benzene rings is 3. The van der Waals surface area contributed by atoms with Crippen LogP contribution in [0.3, 0.4) is 0 Å². The summed E-state index contributed by atoms with van der Waals surface area (Å²) in [6.07, 6.45) is 0.206. The van der Waals surface area contributed by atoms with Crippen molar-refractivity contribution >= 4 is 37.8 Å². The van der Waals surface area contributed by atoms with E-state index in [1.807, 2.05) is 19.1 Å². The molecule has 3 aromatic carbocycles. The Morgan fingerprint density at radius 3 is 2.00 bits per heavy atom. The normalized spacial score (nSPS) is 18.1. The second-order valence-electron chi connectivity index (χ2n) is 16.6. The van der Waals surface area contributed by atoms with Gasteiger partial charge in [-0.15, -0.1) is 4.89 Å². The van der Waals surface area contributed by atoms with Crippen molar-refractivity contribution in [3.63, 3.8) is 0 Å². The third kappa shape index (κ3) is 16.5. The first-order valence-electron chi connectivity index (χ1n) is 21.5. The average molecular weight is 897 g/mol. The molecule has 342 valence electrons. The zero-order valence-electron chi connectivity index (χ0n) is 36.3. The maximum Gasteiger partial charge on any atom is 0.701 e. The van der Waals surface area contributed by atoms with Gasteiger partial charge in [-0.25, -0.2) is 0 Å². The van der Waals surface area contributed by atoms with Gasteiger partial charge < -0.3 is 31.7 Å². The molecule has 6 unspecified atom stereocenters. The molecule has 3 aromatic rings. The molecule has 1 aliphatic carbocycles. The second-order valence-corrected chi connectivity index (χ2v) is 17.2. The number of halogens is 2. The van der Waals surface area contributed by atoms with Crippen molar-refractivity contribution in [1.29, 1.82) is 0 Å². The van der Waals surface area contributed by atoms with Crippen LogP contribution in [0.2, 0.25) is 0 Å². The number of carbonyl (C=O) groups is 5. The maximum absolute atomic E-state index is 14.4. The molecule has 0 aliphatic heterocycles. The van der Waals surface area contributed by atoms with E-state index in [2.05, 4.69) is 46.6 Å². The Bertz CT molecular complexity index is 1990. The lowest BCUT2D eigenvalue weighted by molar-refractivity contribution is -0.185. The van der Waals surface area contributed by atoms with Gasteiger partial charge >= 0.3 is 14.4 Å². The monoisotopic (exact) mass is 896 g/mol. The lowest BCUT2D eigenvalue weighted by Crippen LogP contribution is -2.57. The number of unbranched alkanes of at least 4 members (excludes halogenated alkanes) is 1. The van der Waals surface area contributed by atoms with Crippen molar-refractivity contribution in [3.8, 4) is 0 Å². The van der Waals surface area contributed by atoms with E-state index in [-0.39, 0.29) is 49.4 Å². The first-order valence-corrected chi connectivity index (χ1v) is 22.6. The fourth-order valence-electron chi connectivity index (χ4n) is 7.71. The van der Waals surface area contributed by atoms with Crippen molar-refractivity contribution < 1.29 is 51.5 Å². The molecular formula is C46H61F2N5O9P+. The first kappa shape index (κ1) is 50.5. The quantitative estimate of drug-likeness (QED) is 0.0475. The Morgan fingerprint density at radius 2 is 1.41 bits per heavy atom. The Kier molecular flexibility index (Phi) is 19.7. The number of nitrogens with one attached hydrogen (secondary N) is 4. The van der Waals surface area contributed by atoms with Gasteiger partial charge in [0.1, 0.15) is 24.7 Å². The molecule has 0 radical (unpaired) electrons. The number of ether oxygens (including phenoxy) is 1. The van der Waals surface area contributed by atoms with Crippen LogP contribution in [0.1, 0.15) is 98.8 Å². The lowest BCUT2D eigenvalue weighted by Gasteiger charge is -2.37. The van der Waals surface area contributed by atoms with E-state index in [4.69, 9.17) is 15.4 Å². The topological polar surface area (TPSA) is 215 Å². The van der Waals surface area contributed by atoms with Crippen molar-refractivity contribution in [1.82, 2.24) is 21.3 Å². The molecule has 7 atom stereocenters. The van der Waals surface area contributed by atoms with Crippen molar-refractivity contribution in [2.24, 2.45) is 23.5 Å². The highest BCUT2D eigenvalue weighted by Gasteiger charge is 2.43. The predicted octanol–water partition coefficient (Wildman–Crippen LogP) is 5.77. The minimum atomic E-state index is -4.10. The van der Waals surface area contributed by atoms with Crippen LogP contribution in [0.25, 0.3) is 0 Å². The smallest absolute Gasteiger partial charge is 0.368 e. The molecule has 63 heavy (non-hydrogen) atoms. The SMILES string of the molecule is CCc1ccc(C(=O)NCCCC[C@@H](NC(=O)C(Cc2ccc(C(F)(F)O[P+](=O)O)cc2)NC(=O)C(Cc2ccccc2)NC(=O)COC2CC(C)CCC2C(C)C)C(N)=O)cc1. The van der Waals surface area contributed by atoms with Crippen molar-refractivity contribution in [3.05, 3.63) is 107 Å². The van der Waals surface area contributed by atoms with E-state index in [1.165, 1.54) is 12.1 Å². The van der Waals surface area contributed by atoms with E-state index < -0.39 is 61.7 Å². The minimum Gasteiger partial charge on any atom is -0.368 e. The summed E-state index contributed by atoms with van der Waals surface area (Å²) in [5.74, 6) is -2.10. The third-order valence-electron chi connectivity index (χ3n) is 11.4. The predicted molar refractivity (Wildman–Crippen MR) is 233 cm³/mol. The summed E-state index contributed by atoms with van der Waals surface area (Å²) in [4.78, 5) is 75.8. The van der Waals surface area contributed by atoms with Crippen LogP contribution in [0, 0.1) is 17.8 Å². The van der Waals surface area contributed by atoms with Crippen LogP contribution < -0.4 is 27.0 Å². The van der Waals surface area contributed by atoms with Crippen LogP contribution >= 0.6 is 8.25 Å². The van der Waals surface area contributed by atoms with Crippen LogP contribution in [-0.2, 0) is 58.4 Å². The highest BCUT2D eigenvalue weighted by atomic mass is 31.1. The number of carbonyl (C=O) groups excluding carboxylic acids is 5. The van der Waals surface area contributed by atoms with Gasteiger partial charge in [-0.3, -0.25) is 24.0 Å². The molecule has 1 fully saturated rings. The Labute approximate surface area is 368 Å². The largest absolute Gasteiger partial charge is 0.701 e. The Balaban J connectivity index is 1.49. The van der Waals surface area contributed by atoms with E-state index >= 15 is 0 Å². The Hall–Kier alpha value is -5.15. The standard InChI is InChI=1S/C46H60F2N5O9P/c1-5-31-15-19-34(20-16-31)43(56)50-24-10-9-13-37(42(49)55)52-45(58)39(27-33-17-21-35(22-18-33)46(47,48)62-63(59)60)53-44(57)38(26-32-11-7-6-8-12-32)51-41(54)28-61-40-25-30(4)14-23-36(40)29(2)3/h6-8,11-12,15-22,29-30,36-40H,5,9-10,13-14,23-28H2,1-4H3,(H6-,49,50,51,52,53,54,55,56,57,58,59,60)/p+1/t30?,36?,37-,38?,39?,40?/m1/s1. The number of hydrogen-bond acceptors (Lipinski definition) is 8. The molecule has 0 bridgehead atoms. The molecule has 0 heterocycles. The van der Waals surface area contributed by atoms with Gasteiger partial charge in [0.05, 0.1) is 11.7 Å². The molecule has 1 saturated carbocycles. The van der Waals surface area contributed by atoms with Crippen molar-refractivity contribution in [2.45, 2.75) is 116 Å². The first-order chi connectivity index (χ1) is 29.9. The number of alkyl halides is 2. The lowest BCUT2D eigenvalue weighted by atomic mass is 9.75. The van der Waals surface area contributed by atoms with Gasteiger partial charge in [0.15, 0.2) is 0 Å². The van der Waals surface area contributed by atoms with Gasteiger partial charge in [0.2, 0.25) is 23.6 Å². The summed E-state index contributed by atoms with van der Waals surface area (Å²) < 4.78 is 49.9. The molecule has 17 heteroatoms. The molecular weight excluding hydrogens is 836 g/mol. The Morgan fingerprint density at radius 1 is 0.825 bits per heavy atom. The van der Waals surface area contributed by atoms with E-state index in [9.17, 15) is 37.3 Å². The number of amides is 5. The summed E-state index contributed by atoms with van der Waals surface area (Å²) >= 11 is 0. The summed E-state index contributed by atoms with van der Waals surface area (Å²) in [6, 6.07) is 16.8. The average Bonchev–Trinajstić information content (AvgIpc) is 3.24. The molecule has 1 aliphatic rings. The number of nitrogens with two attached hydrogens (primary N) is 1. The van der Waals surface area contributed by atoms with E-state index in [0.717, 1.165) is 43.4 Å². The van der Waals surface area contributed by atoms with Gasteiger partial charge in [-0.2, -0.15) is 8.78 Å². The van der Waals surface area contributed by atoms with Gasteiger partial charge in [-0.1, -0.05) is 88.7 Å². The molecule has 7 N–H and O–H groups in total. The summed E-state index contributed by atoms with van der Waals surface area (Å²) in [7, 11) is -3.63. The third-order valence-corrected chi connectivity index (χ3v) is 11.8. The molecule has 0 spiro atoms. The zero-order chi connectivity index (χ0) is 46.1. The number of primary amides is 1. The van der Waals surface area contributed by atoms with E-state index in [1.54, 1.807) is 42.5 Å². The van der Waals surface area contributed by atoms with Crippen molar-refractivity contribution in [2.75, 3.05) is 13.2 Å². The summed E-state index contributed by atoms with van der Waals surface area (Å²) in [5.41, 5.74) is 7.58. The molecule has 4 rings (SSSR count). The highest BCUT2D eigenvalue weighted by molar-refractivity contribution is 7.32. The van der Waals surface area contributed by atoms with Gasteiger partial charge in [-0.05, 0) is 102 Å². The van der Waals surface area contributed by atoms with E-state index in [0.29, 0.717) is 42.3 Å². The molecule has 14 nitrogen and oxygen atoms in total. The molecule has 5 amide bonds. The zero-order valence-corrected chi connectivity index (χ0v) is 37.2. The van der Waals surface area contributed by atoms with Crippen LogP contribution in [0.15, 0.2) is 78.9 Å². The van der Waals surface area contributed by atoms with Crippen LogP contribution in [-0.4, -0.2) is 71.8 Å². The summed E-state index contributed by atoms with van der Waals surface area (Å²) in [6.45, 7) is 8.43. The number of aryl methyl sites for hydroxylation is 1. The van der Waals surface area contributed by atoms with Gasteiger partial charge in [0, 0.05) is 29.5 Å². The summed E-state index contributed by atoms with van der Waals surface area (Å²) in [5, 5.41) is 10.9. The number of rotatable bonds is 24. The van der Waals surface area contributed by atoms with Gasteiger partial charge in [0.25, 0.3) is 5.91 Å². The highest BCUT2D eigenvalue weighted by Crippen LogP contribution is 2.38. The van der Waals surface area contributed by atoms with Crippen LogP contribution in [0.5, 0.6) is 0 Å². The molecule has 0 saturated heterocycles. The minimum absolute atomic E-state index is 0.0449. The fraction of sp³-hybridized carbons (Fsp3) is 0.500. The van der Waals surface area contributed by atoms with Crippen LogP contribution in [0.4, 0.5) is 8.78 Å². The maximum atomic E-state index is 14.4. The number of hydrogen-bond donors (Lipinski definition) is 6.